The van der Waals surface area contributed by atoms with Crippen molar-refractivity contribution < 1.29 is 18.9 Å². The smallest absolute Gasteiger partial charge is 0.303 e. The van der Waals surface area contributed by atoms with E-state index in [0.29, 0.717) is 18.9 Å². The molecule has 33 heavy (non-hydrogen) atoms. The third kappa shape index (κ3) is 7.04. The number of likely N-dealkylation sites (N-methyl/N-ethyl adjacent to an activating group) is 1. The lowest BCUT2D eigenvalue weighted by atomic mass is 9.87. The first kappa shape index (κ1) is 24.2. The molecule has 0 aliphatic rings. The number of carbonyl (C=O) groups excluding carboxylic acids is 1. The average Bonchev–Trinajstić information content (AvgIpc) is 2.78. The van der Waals surface area contributed by atoms with Crippen LogP contribution in [0.3, 0.4) is 0 Å². The van der Waals surface area contributed by atoms with E-state index >= 15 is 0 Å². The number of carbonyl (C=O) groups is 1. The van der Waals surface area contributed by atoms with Gasteiger partial charge >= 0.3 is 5.97 Å². The van der Waals surface area contributed by atoms with Crippen molar-refractivity contribution in [3.05, 3.63) is 107 Å². The van der Waals surface area contributed by atoms with Crippen LogP contribution >= 0.6 is 0 Å². The second-order valence-electron chi connectivity index (χ2n) is 8.44. The summed E-state index contributed by atoms with van der Waals surface area (Å²) in [4.78, 5) is 11.8. The second-order valence-corrected chi connectivity index (χ2v) is 8.44. The molecule has 0 aromatic heterocycles. The number of nitrogens with zero attached hydrogens (tertiary/aromatic N) is 1. The first-order valence-electron chi connectivity index (χ1n) is 11.0. The Labute approximate surface area is 196 Å². The molecule has 5 nitrogen and oxygen atoms in total. The van der Waals surface area contributed by atoms with Gasteiger partial charge in [-0.15, -0.1) is 0 Å². The minimum Gasteiger partial charge on any atom is -0.633 e. The van der Waals surface area contributed by atoms with Gasteiger partial charge in [-0.3, -0.25) is 4.79 Å². The highest BCUT2D eigenvalue weighted by molar-refractivity contribution is 6.00. The number of quaternary nitrogens is 1. The number of hydroxylamine groups is 3. The van der Waals surface area contributed by atoms with Gasteiger partial charge in [-0.1, -0.05) is 72.8 Å². The summed E-state index contributed by atoms with van der Waals surface area (Å²) in [5.41, 5.74) is 4.90. The minimum atomic E-state index is -0.451. The van der Waals surface area contributed by atoms with Crippen LogP contribution in [0.15, 0.2) is 84.9 Å². The molecule has 0 amide bonds. The van der Waals surface area contributed by atoms with E-state index in [1.807, 2.05) is 79.7 Å². The molecule has 0 bridgehead atoms. The molecule has 0 N–H and O–H groups in total. The standard InChI is InChI=1S/C28H31NO4/c1-21(33-22(2)30)27(23-11-7-5-8-12-23)28(24-13-9-6-10-14-24)25-15-17-26(18-16-25)32-20-19-29(3,4)31/h5-18,21H,19-20H2,1-4H3/b28-27-. The molecular weight excluding hydrogens is 414 g/mol. The normalized spacial score (nSPS) is 13.1. The predicted octanol–water partition coefficient (Wildman–Crippen LogP) is 5.55. The molecule has 5 heteroatoms. The van der Waals surface area contributed by atoms with Crippen LogP contribution in [0.1, 0.15) is 30.5 Å². The lowest BCUT2D eigenvalue weighted by Gasteiger charge is -2.33. The van der Waals surface area contributed by atoms with Crippen LogP contribution in [0.25, 0.3) is 11.1 Å². The van der Waals surface area contributed by atoms with Crippen molar-refractivity contribution in [3.8, 4) is 5.75 Å². The maximum Gasteiger partial charge on any atom is 0.303 e. The van der Waals surface area contributed by atoms with Crippen LogP contribution in [0, 0.1) is 5.21 Å². The van der Waals surface area contributed by atoms with Crippen molar-refractivity contribution in [2.75, 3.05) is 27.2 Å². The van der Waals surface area contributed by atoms with Crippen molar-refractivity contribution in [2.24, 2.45) is 0 Å². The fraction of sp³-hybridized carbons (Fsp3) is 0.250. The average molecular weight is 446 g/mol. The van der Waals surface area contributed by atoms with E-state index in [0.717, 1.165) is 27.8 Å². The zero-order valence-corrected chi connectivity index (χ0v) is 19.7. The summed E-state index contributed by atoms with van der Waals surface area (Å²) >= 11 is 0. The van der Waals surface area contributed by atoms with Gasteiger partial charge in [0.15, 0.2) is 0 Å². The Morgan fingerprint density at radius 3 is 1.88 bits per heavy atom. The summed E-state index contributed by atoms with van der Waals surface area (Å²) in [5.74, 6) is 0.376. The number of esters is 1. The maximum atomic E-state index is 11.8. The molecule has 0 aliphatic carbocycles. The number of benzene rings is 3. The van der Waals surface area contributed by atoms with E-state index in [9.17, 15) is 10.0 Å². The van der Waals surface area contributed by atoms with E-state index < -0.39 is 10.8 Å². The van der Waals surface area contributed by atoms with E-state index in [4.69, 9.17) is 9.47 Å². The van der Waals surface area contributed by atoms with E-state index in [2.05, 4.69) is 12.1 Å². The van der Waals surface area contributed by atoms with Crippen LogP contribution < -0.4 is 4.74 Å². The van der Waals surface area contributed by atoms with Crippen LogP contribution in [0.2, 0.25) is 0 Å². The van der Waals surface area contributed by atoms with Gasteiger partial charge in [0.2, 0.25) is 0 Å². The molecule has 0 radical (unpaired) electrons. The molecular formula is C28H31NO4. The Kier molecular flexibility index (Phi) is 8.04. The van der Waals surface area contributed by atoms with Gasteiger partial charge in [-0.25, -0.2) is 0 Å². The van der Waals surface area contributed by atoms with Gasteiger partial charge < -0.3 is 19.3 Å². The maximum absolute atomic E-state index is 11.8. The fourth-order valence-electron chi connectivity index (χ4n) is 3.69. The number of hydrogen-bond donors (Lipinski definition) is 0. The number of ether oxygens (including phenoxy) is 2. The molecule has 0 saturated heterocycles. The Bertz CT molecular complexity index is 1070. The van der Waals surface area contributed by atoms with Crippen molar-refractivity contribution in [2.45, 2.75) is 20.0 Å². The minimum absolute atomic E-state index is 0.327. The van der Waals surface area contributed by atoms with Gasteiger partial charge in [-0.2, -0.15) is 0 Å². The Hall–Kier alpha value is -3.41. The summed E-state index contributed by atoms with van der Waals surface area (Å²) < 4.78 is 11.0. The predicted molar refractivity (Wildman–Crippen MR) is 132 cm³/mol. The fourth-order valence-corrected chi connectivity index (χ4v) is 3.69. The largest absolute Gasteiger partial charge is 0.633 e. The topological polar surface area (TPSA) is 58.6 Å². The van der Waals surface area contributed by atoms with Gasteiger partial charge in [0.25, 0.3) is 0 Å². The summed E-state index contributed by atoms with van der Waals surface area (Å²) in [6.07, 6.45) is -0.451. The Morgan fingerprint density at radius 1 is 0.848 bits per heavy atom. The molecule has 0 fully saturated rings. The molecule has 172 valence electrons. The molecule has 3 aromatic rings. The molecule has 1 atom stereocenters. The quantitative estimate of drug-likeness (QED) is 0.188. The van der Waals surface area contributed by atoms with Gasteiger partial charge in [0, 0.05) is 12.5 Å². The lowest BCUT2D eigenvalue weighted by molar-refractivity contribution is -0.840. The zero-order valence-electron chi connectivity index (χ0n) is 19.7. The monoisotopic (exact) mass is 445 g/mol. The van der Waals surface area contributed by atoms with Crippen LogP contribution in [0.4, 0.5) is 0 Å². The lowest BCUT2D eigenvalue weighted by Crippen LogP contribution is -2.36. The van der Waals surface area contributed by atoms with Gasteiger partial charge in [-0.05, 0) is 41.3 Å². The van der Waals surface area contributed by atoms with Crippen LogP contribution in [0.5, 0.6) is 5.75 Å². The van der Waals surface area contributed by atoms with Crippen molar-refractivity contribution in [3.63, 3.8) is 0 Å². The summed E-state index contributed by atoms with van der Waals surface area (Å²) in [6, 6.07) is 27.9. The van der Waals surface area contributed by atoms with Crippen molar-refractivity contribution in [1.29, 1.82) is 0 Å². The molecule has 0 heterocycles. The third-order valence-electron chi connectivity index (χ3n) is 5.21. The number of hydrogen-bond acceptors (Lipinski definition) is 4. The first-order valence-corrected chi connectivity index (χ1v) is 11.0. The third-order valence-corrected chi connectivity index (χ3v) is 5.21. The molecule has 1 unspecified atom stereocenters. The van der Waals surface area contributed by atoms with Crippen molar-refractivity contribution >= 4 is 17.1 Å². The molecule has 0 aliphatic heterocycles. The van der Waals surface area contributed by atoms with Crippen molar-refractivity contribution in [1.82, 2.24) is 0 Å². The molecule has 0 saturated carbocycles. The molecule has 3 rings (SSSR count). The zero-order chi connectivity index (χ0) is 23.8. The first-order chi connectivity index (χ1) is 15.7. The van der Waals surface area contributed by atoms with E-state index in [-0.39, 0.29) is 5.97 Å². The summed E-state index contributed by atoms with van der Waals surface area (Å²) in [7, 11) is 3.19. The van der Waals surface area contributed by atoms with Gasteiger partial charge in [0.05, 0.1) is 14.1 Å². The highest BCUT2D eigenvalue weighted by atomic mass is 16.5. The summed E-state index contributed by atoms with van der Waals surface area (Å²) in [5, 5.41) is 11.8. The molecule has 0 spiro atoms. The highest BCUT2D eigenvalue weighted by Crippen LogP contribution is 2.36. The summed E-state index contributed by atoms with van der Waals surface area (Å²) in [6.45, 7) is 4.04. The molecule has 3 aromatic carbocycles. The SMILES string of the molecule is CC(=O)OC(C)/C(=C(\c1ccccc1)c1ccc(OCC[N+](C)(C)[O-])cc1)c1ccccc1. The Morgan fingerprint density at radius 2 is 1.36 bits per heavy atom. The van der Waals surface area contributed by atoms with Crippen LogP contribution in [-0.2, 0) is 9.53 Å². The van der Waals surface area contributed by atoms with E-state index in [1.165, 1.54) is 6.92 Å². The highest BCUT2D eigenvalue weighted by Gasteiger charge is 2.21. The second kappa shape index (κ2) is 10.9. The Balaban J connectivity index is 2.08. The van der Waals surface area contributed by atoms with Crippen LogP contribution in [-0.4, -0.2) is 44.0 Å². The van der Waals surface area contributed by atoms with E-state index in [1.54, 1.807) is 14.1 Å². The van der Waals surface area contributed by atoms with Gasteiger partial charge in [0.1, 0.15) is 25.0 Å². The number of rotatable bonds is 9.